The Morgan fingerprint density at radius 3 is 2.29 bits per heavy atom. The third kappa shape index (κ3) is 5.48. The zero-order valence-electron chi connectivity index (χ0n) is 17.0. The van der Waals surface area contributed by atoms with Gasteiger partial charge in [-0.2, -0.15) is 0 Å². The van der Waals surface area contributed by atoms with E-state index < -0.39 is 16.1 Å². The number of aryl methyl sites for hydroxylation is 2. The zero-order chi connectivity index (χ0) is 20.9. The predicted octanol–water partition coefficient (Wildman–Crippen LogP) is 3.89. The zero-order valence-corrected chi connectivity index (χ0v) is 17.8. The third-order valence-electron chi connectivity index (χ3n) is 4.20. The molecule has 1 N–H and O–H groups in total. The van der Waals surface area contributed by atoms with Gasteiger partial charge in [-0.15, -0.1) is 0 Å². The van der Waals surface area contributed by atoms with Gasteiger partial charge in [-0.05, 0) is 62.6 Å². The minimum atomic E-state index is -3.67. The molecule has 1 amide bonds. The van der Waals surface area contributed by atoms with Crippen LogP contribution in [0.3, 0.4) is 0 Å². The maximum atomic E-state index is 13.0. The van der Waals surface area contributed by atoms with Gasteiger partial charge < -0.3 is 10.1 Å². The van der Waals surface area contributed by atoms with Crippen molar-refractivity contribution in [1.82, 2.24) is 0 Å². The van der Waals surface area contributed by atoms with Crippen molar-refractivity contribution in [1.29, 1.82) is 0 Å². The van der Waals surface area contributed by atoms with Crippen LogP contribution in [0.1, 0.15) is 31.4 Å². The van der Waals surface area contributed by atoms with Crippen molar-refractivity contribution in [3.8, 4) is 5.75 Å². The number of hydrogen-bond donors (Lipinski definition) is 1. The largest absolute Gasteiger partial charge is 0.494 e. The van der Waals surface area contributed by atoms with Crippen LogP contribution in [0.15, 0.2) is 42.5 Å². The van der Waals surface area contributed by atoms with Gasteiger partial charge in [-0.1, -0.05) is 19.1 Å². The monoisotopic (exact) mass is 404 g/mol. The molecule has 0 unspecified atom stereocenters. The summed E-state index contributed by atoms with van der Waals surface area (Å²) in [5, 5.41) is 2.82. The molecular formula is C21H28N2O4S. The first-order valence-corrected chi connectivity index (χ1v) is 11.1. The van der Waals surface area contributed by atoms with Gasteiger partial charge in [-0.3, -0.25) is 9.10 Å². The highest BCUT2D eigenvalue weighted by Crippen LogP contribution is 2.26. The summed E-state index contributed by atoms with van der Waals surface area (Å²) >= 11 is 0. The number of anilines is 2. The van der Waals surface area contributed by atoms with Gasteiger partial charge in [0.05, 0.1) is 18.6 Å². The standard InChI is InChI=1S/C21H28N2O4S/c1-6-20(21(24)22-17-9-8-10-19(14-17)27-7-2)23(28(5,25)26)18-12-15(3)11-16(4)13-18/h8-14,20H,6-7H2,1-5H3,(H,22,24)/t20-/m0/s1. The quantitative estimate of drug-likeness (QED) is 0.724. The summed E-state index contributed by atoms with van der Waals surface area (Å²) in [6.07, 6.45) is 1.45. The highest BCUT2D eigenvalue weighted by atomic mass is 32.2. The number of rotatable bonds is 8. The fourth-order valence-electron chi connectivity index (χ4n) is 3.19. The van der Waals surface area contributed by atoms with E-state index in [4.69, 9.17) is 4.74 Å². The number of hydrogen-bond acceptors (Lipinski definition) is 4. The van der Waals surface area contributed by atoms with Crippen LogP contribution in [-0.2, 0) is 14.8 Å². The topological polar surface area (TPSA) is 75.7 Å². The number of carbonyl (C=O) groups excluding carboxylic acids is 1. The first-order valence-electron chi connectivity index (χ1n) is 9.27. The summed E-state index contributed by atoms with van der Waals surface area (Å²) in [6.45, 7) is 7.99. The minimum Gasteiger partial charge on any atom is -0.494 e. The van der Waals surface area contributed by atoms with Gasteiger partial charge in [-0.25, -0.2) is 8.42 Å². The molecule has 0 saturated heterocycles. The van der Waals surface area contributed by atoms with Crippen LogP contribution < -0.4 is 14.4 Å². The van der Waals surface area contributed by atoms with Gasteiger partial charge in [0.1, 0.15) is 11.8 Å². The minimum absolute atomic E-state index is 0.330. The molecule has 0 aromatic heterocycles. The lowest BCUT2D eigenvalue weighted by Crippen LogP contribution is -2.47. The Balaban J connectivity index is 2.38. The second-order valence-corrected chi connectivity index (χ2v) is 8.64. The summed E-state index contributed by atoms with van der Waals surface area (Å²) < 4.78 is 31.8. The molecule has 0 aliphatic carbocycles. The smallest absolute Gasteiger partial charge is 0.248 e. The molecule has 28 heavy (non-hydrogen) atoms. The van der Waals surface area contributed by atoms with E-state index in [0.717, 1.165) is 17.4 Å². The Hall–Kier alpha value is -2.54. The van der Waals surface area contributed by atoms with Gasteiger partial charge in [0, 0.05) is 11.8 Å². The van der Waals surface area contributed by atoms with E-state index in [1.54, 1.807) is 43.3 Å². The highest BCUT2D eigenvalue weighted by molar-refractivity contribution is 7.92. The van der Waals surface area contributed by atoms with Crippen LogP contribution in [0, 0.1) is 13.8 Å². The number of nitrogens with zero attached hydrogens (tertiary/aromatic N) is 1. The Morgan fingerprint density at radius 2 is 1.75 bits per heavy atom. The summed E-state index contributed by atoms with van der Waals surface area (Å²) in [5.74, 6) is 0.253. The van der Waals surface area contributed by atoms with Crippen LogP contribution in [0.2, 0.25) is 0 Å². The predicted molar refractivity (Wildman–Crippen MR) is 114 cm³/mol. The summed E-state index contributed by atoms with van der Waals surface area (Å²) in [4.78, 5) is 13.0. The lowest BCUT2D eigenvalue weighted by molar-refractivity contribution is -0.117. The number of amides is 1. The molecule has 7 heteroatoms. The average molecular weight is 405 g/mol. The molecule has 2 aromatic rings. The lowest BCUT2D eigenvalue weighted by atomic mass is 10.1. The van der Waals surface area contributed by atoms with Gasteiger partial charge >= 0.3 is 0 Å². The first-order chi connectivity index (χ1) is 13.2. The van der Waals surface area contributed by atoms with Crippen LogP contribution in [0.25, 0.3) is 0 Å². The second-order valence-electron chi connectivity index (χ2n) is 6.78. The molecule has 2 rings (SSSR count). The highest BCUT2D eigenvalue weighted by Gasteiger charge is 2.31. The van der Waals surface area contributed by atoms with Crippen molar-refractivity contribution in [2.45, 2.75) is 40.2 Å². The Labute approximate surface area is 167 Å². The number of carbonyl (C=O) groups is 1. The molecule has 1 atom stereocenters. The van der Waals surface area contributed by atoms with E-state index in [1.807, 2.05) is 26.8 Å². The van der Waals surface area contributed by atoms with Crippen LogP contribution in [-0.4, -0.2) is 33.2 Å². The second kappa shape index (κ2) is 9.10. The Kier molecular flexibility index (Phi) is 7.07. The number of nitrogens with one attached hydrogen (secondary N) is 1. The third-order valence-corrected chi connectivity index (χ3v) is 5.38. The van der Waals surface area contributed by atoms with Gasteiger partial charge in [0.15, 0.2) is 0 Å². The van der Waals surface area contributed by atoms with E-state index in [1.165, 1.54) is 4.31 Å². The number of sulfonamides is 1. The molecule has 0 aliphatic rings. The number of benzene rings is 2. The molecule has 0 aliphatic heterocycles. The average Bonchev–Trinajstić information content (AvgIpc) is 2.58. The molecule has 2 aromatic carbocycles. The summed E-state index contributed by atoms with van der Waals surface area (Å²) in [5.41, 5.74) is 2.92. The lowest BCUT2D eigenvalue weighted by Gasteiger charge is -2.30. The molecule has 0 fully saturated rings. The fraction of sp³-hybridized carbons (Fsp3) is 0.381. The summed E-state index contributed by atoms with van der Waals surface area (Å²) in [6, 6.07) is 11.7. The van der Waals surface area contributed by atoms with E-state index >= 15 is 0 Å². The van der Waals surface area contributed by atoms with Gasteiger partial charge in [0.2, 0.25) is 15.9 Å². The SMILES string of the molecule is CCOc1cccc(NC(=O)[C@H](CC)N(c2cc(C)cc(C)c2)S(C)(=O)=O)c1. The summed E-state index contributed by atoms with van der Waals surface area (Å²) in [7, 11) is -3.67. The van der Waals surface area contributed by atoms with Crippen molar-refractivity contribution in [2.75, 3.05) is 22.5 Å². The molecule has 0 saturated carbocycles. The number of ether oxygens (including phenoxy) is 1. The van der Waals surface area contributed by atoms with Crippen LogP contribution >= 0.6 is 0 Å². The molecule has 0 radical (unpaired) electrons. The maximum absolute atomic E-state index is 13.0. The molecule has 6 nitrogen and oxygen atoms in total. The van der Waals surface area contributed by atoms with Crippen molar-refractivity contribution >= 4 is 27.3 Å². The van der Waals surface area contributed by atoms with Crippen molar-refractivity contribution in [3.05, 3.63) is 53.6 Å². The molecule has 0 bridgehead atoms. The van der Waals surface area contributed by atoms with E-state index in [2.05, 4.69) is 5.32 Å². The van der Waals surface area contributed by atoms with Crippen molar-refractivity contribution in [2.24, 2.45) is 0 Å². The normalized spacial score (nSPS) is 12.3. The first kappa shape index (κ1) is 21.8. The Bertz CT molecular complexity index is 921. The van der Waals surface area contributed by atoms with E-state index in [9.17, 15) is 13.2 Å². The maximum Gasteiger partial charge on any atom is 0.248 e. The van der Waals surface area contributed by atoms with Crippen molar-refractivity contribution < 1.29 is 17.9 Å². The molecule has 0 heterocycles. The van der Waals surface area contributed by atoms with Crippen LogP contribution in [0.5, 0.6) is 5.75 Å². The van der Waals surface area contributed by atoms with E-state index in [-0.39, 0.29) is 5.91 Å². The van der Waals surface area contributed by atoms with Gasteiger partial charge in [0.25, 0.3) is 0 Å². The Morgan fingerprint density at radius 1 is 1.11 bits per heavy atom. The van der Waals surface area contributed by atoms with E-state index in [0.29, 0.717) is 30.2 Å². The fourth-order valence-corrected chi connectivity index (χ4v) is 4.39. The molecule has 0 spiro atoms. The molecule has 152 valence electrons. The molecular weight excluding hydrogens is 376 g/mol. The van der Waals surface area contributed by atoms with Crippen LogP contribution in [0.4, 0.5) is 11.4 Å². The van der Waals surface area contributed by atoms with Crippen molar-refractivity contribution in [3.63, 3.8) is 0 Å².